The number of carbonyl (C=O) groups is 1. The number of thiazole rings is 1. The molecule has 0 amide bonds. The van der Waals surface area contributed by atoms with Crippen LogP contribution < -0.4 is 10.1 Å². The van der Waals surface area contributed by atoms with Gasteiger partial charge < -0.3 is 10.1 Å². The van der Waals surface area contributed by atoms with E-state index in [0.717, 1.165) is 11.3 Å². The molecule has 0 unspecified atom stereocenters. The van der Waals surface area contributed by atoms with Gasteiger partial charge in [-0.3, -0.25) is 4.79 Å². The molecule has 1 aromatic heterocycles. The predicted octanol–water partition coefficient (Wildman–Crippen LogP) is 5.79. The van der Waals surface area contributed by atoms with Gasteiger partial charge in [-0.05, 0) is 36.4 Å². The topological polar surface area (TPSA) is 51.2 Å². The third kappa shape index (κ3) is 3.87. The van der Waals surface area contributed by atoms with E-state index in [9.17, 15) is 4.79 Å². The van der Waals surface area contributed by atoms with Crippen molar-refractivity contribution in [1.82, 2.24) is 4.98 Å². The number of anilines is 2. The lowest BCUT2D eigenvalue weighted by Crippen LogP contribution is -2.00. The fraction of sp³-hybridized carbons (Fsp3) is 0.0588. The lowest BCUT2D eigenvalue weighted by Gasteiger charge is -2.06. The van der Waals surface area contributed by atoms with Crippen LogP contribution in [0.5, 0.6) is 5.75 Å². The highest BCUT2D eigenvalue weighted by molar-refractivity contribution is 7.14. The molecule has 3 aromatic rings. The molecule has 2 aromatic carbocycles. The number of nitrogens with one attached hydrogen (secondary N) is 1. The van der Waals surface area contributed by atoms with Crippen molar-refractivity contribution in [2.24, 2.45) is 0 Å². The van der Waals surface area contributed by atoms with Gasteiger partial charge in [0, 0.05) is 17.9 Å². The molecule has 0 saturated heterocycles. The second-order valence-electron chi connectivity index (χ2n) is 4.88. The third-order valence-corrected chi connectivity index (χ3v) is 4.69. The lowest BCUT2D eigenvalue weighted by molar-refractivity contribution is -0.131. The molecular weight excluding hydrogens is 367 g/mol. The van der Waals surface area contributed by atoms with E-state index in [1.165, 1.54) is 18.3 Å². The maximum atomic E-state index is 10.9. The molecule has 7 heteroatoms. The molecule has 0 aliphatic carbocycles. The van der Waals surface area contributed by atoms with Crippen LogP contribution in [0.25, 0.3) is 11.3 Å². The van der Waals surface area contributed by atoms with Crippen molar-refractivity contribution in [3.63, 3.8) is 0 Å². The summed E-state index contributed by atoms with van der Waals surface area (Å²) in [5.41, 5.74) is 2.44. The molecule has 3 rings (SSSR count). The van der Waals surface area contributed by atoms with Crippen LogP contribution in [0, 0.1) is 0 Å². The summed E-state index contributed by atoms with van der Waals surface area (Å²) in [6, 6.07) is 12.6. The minimum absolute atomic E-state index is 0.346. The van der Waals surface area contributed by atoms with E-state index in [-0.39, 0.29) is 5.97 Å². The number of hydrogen-bond acceptors (Lipinski definition) is 5. The van der Waals surface area contributed by atoms with Gasteiger partial charge in [0.1, 0.15) is 5.75 Å². The molecular formula is C17H12Cl2N2O2S. The Morgan fingerprint density at radius 2 is 1.92 bits per heavy atom. The monoisotopic (exact) mass is 378 g/mol. The molecule has 1 N–H and O–H groups in total. The SMILES string of the molecule is CC(=O)Oc1ccc(-c2csc(Nc3cccc(Cl)c3Cl)n2)cc1. The number of hydrogen-bond donors (Lipinski definition) is 1. The minimum Gasteiger partial charge on any atom is -0.427 e. The minimum atomic E-state index is -0.346. The molecule has 1 heterocycles. The molecule has 24 heavy (non-hydrogen) atoms. The van der Waals surface area contributed by atoms with Crippen LogP contribution in [0.3, 0.4) is 0 Å². The summed E-state index contributed by atoms with van der Waals surface area (Å²) in [6.07, 6.45) is 0. The number of ether oxygens (including phenoxy) is 1. The van der Waals surface area contributed by atoms with Crippen molar-refractivity contribution >= 4 is 51.3 Å². The number of nitrogens with zero attached hydrogens (tertiary/aromatic N) is 1. The number of aromatic nitrogens is 1. The van der Waals surface area contributed by atoms with Crippen molar-refractivity contribution in [2.45, 2.75) is 6.92 Å². The molecule has 0 saturated carbocycles. The van der Waals surface area contributed by atoms with E-state index in [1.54, 1.807) is 18.2 Å². The summed E-state index contributed by atoms with van der Waals surface area (Å²) in [7, 11) is 0. The fourth-order valence-electron chi connectivity index (χ4n) is 2.04. The highest BCUT2D eigenvalue weighted by atomic mass is 35.5. The van der Waals surface area contributed by atoms with E-state index in [2.05, 4.69) is 10.3 Å². The average Bonchev–Trinajstić information content (AvgIpc) is 3.01. The van der Waals surface area contributed by atoms with E-state index < -0.39 is 0 Å². The first kappa shape index (κ1) is 16.8. The van der Waals surface area contributed by atoms with Gasteiger partial charge in [0.2, 0.25) is 0 Å². The quantitative estimate of drug-likeness (QED) is 0.461. The summed E-state index contributed by atoms with van der Waals surface area (Å²) >= 11 is 13.6. The maximum absolute atomic E-state index is 10.9. The lowest BCUT2D eigenvalue weighted by atomic mass is 10.2. The van der Waals surface area contributed by atoms with Gasteiger partial charge in [0.25, 0.3) is 0 Å². The maximum Gasteiger partial charge on any atom is 0.308 e. The van der Waals surface area contributed by atoms with Crippen molar-refractivity contribution in [2.75, 3.05) is 5.32 Å². The Balaban J connectivity index is 1.78. The van der Waals surface area contributed by atoms with Crippen molar-refractivity contribution < 1.29 is 9.53 Å². The Morgan fingerprint density at radius 1 is 1.17 bits per heavy atom. The first-order valence-corrected chi connectivity index (χ1v) is 8.62. The molecule has 4 nitrogen and oxygen atoms in total. The van der Waals surface area contributed by atoms with Gasteiger partial charge in [-0.1, -0.05) is 29.3 Å². The van der Waals surface area contributed by atoms with Crippen LogP contribution in [0.2, 0.25) is 10.0 Å². The summed E-state index contributed by atoms with van der Waals surface area (Å²) < 4.78 is 5.02. The van der Waals surface area contributed by atoms with Crippen LogP contribution in [0.15, 0.2) is 47.8 Å². The summed E-state index contributed by atoms with van der Waals surface area (Å²) in [5, 5.41) is 6.75. The molecule has 0 fully saturated rings. The molecule has 0 spiro atoms. The molecule has 0 atom stereocenters. The second-order valence-corrected chi connectivity index (χ2v) is 6.53. The van der Waals surface area contributed by atoms with Crippen LogP contribution in [-0.2, 0) is 4.79 Å². The van der Waals surface area contributed by atoms with Gasteiger partial charge >= 0.3 is 5.97 Å². The highest BCUT2D eigenvalue weighted by Gasteiger charge is 2.09. The predicted molar refractivity (Wildman–Crippen MR) is 98.6 cm³/mol. The summed E-state index contributed by atoms with van der Waals surface area (Å²) in [6.45, 7) is 1.37. The molecule has 0 aliphatic heterocycles. The number of benzene rings is 2. The highest BCUT2D eigenvalue weighted by Crippen LogP contribution is 2.34. The van der Waals surface area contributed by atoms with Gasteiger partial charge in [0.15, 0.2) is 5.13 Å². The molecule has 0 aliphatic rings. The van der Waals surface area contributed by atoms with Gasteiger partial charge in [-0.25, -0.2) is 4.98 Å². The first-order chi connectivity index (χ1) is 11.5. The van der Waals surface area contributed by atoms with Gasteiger partial charge in [-0.15, -0.1) is 11.3 Å². The van der Waals surface area contributed by atoms with Crippen LogP contribution in [0.1, 0.15) is 6.92 Å². The Hall–Kier alpha value is -2.08. The van der Waals surface area contributed by atoms with Crippen molar-refractivity contribution in [3.8, 4) is 17.0 Å². The first-order valence-electron chi connectivity index (χ1n) is 6.98. The normalized spacial score (nSPS) is 10.5. The standard InChI is InChI=1S/C17H12Cl2N2O2S/c1-10(22)23-12-7-5-11(6-8-12)15-9-24-17(21-15)20-14-4-2-3-13(18)16(14)19/h2-9H,1H3,(H,20,21). The average molecular weight is 379 g/mol. The van der Waals surface area contributed by atoms with E-state index in [4.69, 9.17) is 27.9 Å². The Kier molecular flexibility index (Phi) is 5.04. The number of halogens is 2. The number of rotatable bonds is 4. The van der Waals surface area contributed by atoms with Gasteiger partial charge in [0.05, 0.1) is 21.4 Å². The number of esters is 1. The Labute approximate surface area is 153 Å². The fourth-order valence-corrected chi connectivity index (χ4v) is 3.12. The van der Waals surface area contributed by atoms with Crippen LogP contribution in [0.4, 0.5) is 10.8 Å². The Bertz CT molecular complexity index is 879. The van der Waals surface area contributed by atoms with E-state index >= 15 is 0 Å². The van der Waals surface area contributed by atoms with Crippen LogP contribution >= 0.6 is 34.5 Å². The van der Waals surface area contributed by atoms with Crippen LogP contribution in [-0.4, -0.2) is 11.0 Å². The largest absolute Gasteiger partial charge is 0.427 e. The zero-order valence-corrected chi connectivity index (χ0v) is 14.9. The smallest absolute Gasteiger partial charge is 0.308 e. The van der Waals surface area contributed by atoms with Crippen molar-refractivity contribution in [1.29, 1.82) is 0 Å². The van der Waals surface area contributed by atoms with Gasteiger partial charge in [-0.2, -0.15) is 0 Å². The second kappa shape index (κ2) is 7.21. The van der Waals surface area contributed by atoms with E-state index in [1.807, 2.05) is 29.6 Å². The third-order valence-electron chi connectivity index (χ3n) is 3.11. The zero-order valence-electron chi connectivity index (χ0n) is 12.5. The Morgan fingerprint density at radius 3 is 2.62 bits per heavy atom. The molecule has 122 valence electrons. The molecule has 0 bridgehead atoms. The molecule has 0 radical (unpaired) electrons. The van der Waals surface area contributed by atoms with Crippen molar-refractivity contribution in [3.05, 3.63) is 57.9 Å². The zero-order chi connectivity index (χ0) is 17.1. The number of carbonyl (C=O) groups excluding carboxylic acids is 1. The summed E-state index contributed by atoms with van der Waals surface area (Å²) in [4.78, 5) is 15.5. The summed E-state index contributed by atoms with van der Waals surface area (Å²) in [5.74, 6) is 0.159. The van der Waals surface area contributed by atoms with E-state index in [0.29, 0.717) is 26.6 Å².